The lowest BCUT2D eigenvalue weighted by molar-refractivity contribution is 0.288. The van der Waals surface area contributed by atoms with E-state index < -0.39 is 0 Å². The molecule has 104 valence electrons. The number of aromatic hydroxyl groups is 1. The molecule has 0 atom stereocenters. The van der Waals surface area contributed by atoms with Crippen LogP contribution in [0.1, 0.15) is 42.7 Å². The van der Waals surface area contributed by atoms with E-state index in [4.69, 9.17) is 4.74 Å². The van der Waals surface area contributed by atoms with Gasteiger partial charge in [-0.1, -0.05) is 49.2 Å². The molecule has 0 aliphatic heterocycles. The lowest BCUT2D eigenvalue weighted by atomic mass is 9.97. The van der Waals surface area contributed by atoms with E-state index in [0.717, 1.165) is 5.56 Å². The van der Waals surface area contributed by atoms with Crippen LogP contribution in [0.15, 0.2) is 48.5 Å². The summed E-state index contributed by atoms with van der Waals surface area (Å²) < 4.78 is 5.77. The molecule has 1 saturated carbocycles. The van der Waals surface area contributed by atoms with Gasteiger partial charge in [-0.3, -0.25) is 0 Å². The van der Waals surface area contributed by atoms with E-state index in [-0.39, 0.29) is 5.75 Å². The van der Waals surface area contributed by atoms with Crippen molar-refractivity contribution >= 4 is 0 Å². The van der Waals surface area contributed by atoms with Gasteiger partial charge in [-0.2, -0.15) is 0 Å². The van der Waals surface area contributed by atoms with Crippen LogP contribution in [-0.2, 0) is 6.61 Å². The van der Waals surface area contributed by atoms with Crippen molar-refractivity contribution in [2.45, 2.75) is 38.2 Å². The molecule has 0 radical (unpaired) electrons. The quantitative estimate of drug-likeness (QED) is 0.876. The van der Waals surface area contributed by atoms with Crippen molar-refractivity contribution < 1.29 is 9.84 Å². The molecule has 1 aliphatic carbocycles. The normalized spacial score (nSPS) is 15.4. The fraction of sp³-hybridized carbons (Fsp3) is 0.333. The molecule has 0 unspecified atom stereocenters. The summed E-state index contributed by atoms with van der Waals surface area (Å²) >= 11 is 0. The lowest BCUT2D eigenvalue weighted by Gasteiger charge is -2.13. The number of benzene rings is 2. The third-order valence-electron chi connectivity index (χ3n) is 4.05. The van der Waals surface area contributed by atoms with E-state index in [1.54, 1.807) is 6.07 Å². The summed E-state index contributed by atoms with van der Waals surface area (Å²) in [7, 11) is 0. The van der Waals surface area contributed by atoms with E-state index in [0.29, 0.717) is 18.3 Å². The lowest BCUT2D eigenvalue weighted by Crippen LogP contribution is -1.98. The van der Waals surface area contributed by atoms with Gasteiger partial charge in [-0.15, -0.1) is 0 Å². The summed E-state index contributed by atoms with van der Waals surface area (Å²) in [6, 6.07) is 15.8. The number of hydrogen-bond donors (Lipinski definition) is 1. The van der Waals surface area contributed by atoms with Gasteiger partial charge in [0, 0.05) is 0 Å². The van der Waals surface area contributed by atoms with E-state index >= 15 is 0 Å². The molecule has 0 bridgehead atoms. The molecule has 20 heavy (non-hydrogen) atoms. The minimum atomic E-state index is 0.225. The van der Waals surface area contributed by atoms with Crippen molar-refractivity contribution in [1.29, 1.82) is 0 Å². The zero-order valence-electron chi connectivity index (χ0n) is 11.6. The van der Waals surface area contributed by atoms with Gasteiger partial charge in [0.05, 0.1) is 0 Å². The highest BCUT2D eigenvalue weighted by molar-refractivity contribution is 5.43. The molecule has 0 aromatic heterocycles. The summed E-state index contributed by atoms with van der Waals surface area (Å²) in [5.41, 5.74) is 2.40. The van der Waals surface area contributed by atoms with Gasteiger partial charge in [-0.05, 0) is 42.0 Å². The maximum atomic E-state index is 9.93. The molecule has 1 fully saturated rings. The Morgan fingerprint density at radius 2 is 1.75 bits per heavy atom. The van der Waals surface area contributed by atoms with Crippen LogP contribution in [0.2, 0.25) is 0 Å². The van der Waals surface area contributed by atoms with Crippen LogP contribution in [-0.4, -0.2) is 5.11 Å². The smallest absolute Gasteiger partial charge is 0.161 e. The fourth-order valence-electron chi connectivity index (χ4n) is 2.89. The Hall–Kier alpha value is -1.96. The van der Waals surface area contributed by atoms with E-state index in [2.05, 4.69) is 0 Å². The molecule has 2 aromatic carbocycles. The van der Waals surface area contributed by atoms with E-state index in [9.17, 15) is 5.11 Å². The second-order valence-electron chi connectivity index (χ2n) is 5.48. The second kappa shape index (κ2) is 6.00. The van der Waals surface area contributed by atoms with Gasteiger partial charge in [0.15, 0.2) is 11.5 Å². The Balaban J connectivity index is 1.73. The molecular formula is C18H20O2. The van der Waals surface area contributed by atoms with Crippen molar-refractivity contribution in [1.82, 2.24) is 0 Å². The van der Waals surface area contributed by atoms with Crippen molar-refractivity contribution in [2.75, 3.05) is 0 Å². The molecule has 3 rings (SSSR count). The Morgan fingerprint density at radius 3 is 2.50 bits per heavy atom. The van der Waals surface area contributed by atoms with Crippen molar-refractivity contribution in [3.8, 4) is 11.5 Å². The van der Waals surface area contributed by atoms with Crippen LogP contribution in [0.3, 0.4) is 0 Å². The summed E-state index contributed by atoms with van der Waals surface area (Å²) in [5, 5.41) is 9.93. The van der Waals surface area contributed by atoms with Gasteiger partial charge in [0.25, 0.3) is 0 Å². The summed E-state index contributed by atoms with van der Waals surface area (Å²) in [6.45, 7) is 0.489. The van der Waals surface area contributed by atoms with Crippen molar-refractivity contribution in [3.05, 3.63) is 59.7 Å². The Labute approximate surface area is 120 Å². The van der Waals surface area contributed by atoms with Crippen LogP contribution in [0.4, 0.5) is 0 Å². The van der Waals surface area contributed by atoms with Gasteiger partial charge < -0.3 is 9.84 Å². The van der Waals surface area contributed by atoms with E-state index in [1.807, 2.05) is 42.5 Å². The van der Waals surface area contributed by atoms with Crippen LogP contribution in [0.5, 0.6) is 11.5 Å². The predicted octanol–water partition coefficient (Wildman–Crippen LogP) is 4.63. The zero-order valence-corrected chi connectivity index (χ0v) is 11.6. The number of rotatable bonds is 4. The average Bonchev–Trinajstić information content (AvgIpc) is 3.02. The monoisotopic (exact) mass is 268 g/mol. The number of phenolic OH excluding ortho intramolecular Hbond substituents is 1. The van der Waals surface area contributed by atoms with Gasteiger partial charge in [-0.25, -0.2) is 0 Å². The largest absolute Gasteiger partial charge is 0.504 e. The van der Waals surface area contributed by atoms with Crippen molar-refractivity contribution in [3.63, 3.8) is 0 Å². The molecule has 0 heterocycles. The molecule has 1 aliphatic rings. The Morgan fingerprint density at radius 1 is 1.00 bits per heavy atom. The number of phenols is 1. The highest BCUT2D eigenvalue weighted by atomic mass is 16.5. The van der Waals surface area contributed by atoms with Gasteiger partial charge >= 0.3 is 0 Å². The third-order valence-corrected chi connectivity index (χ3v) is 4.05. The first kappa shape index (κ1) is 13.0. The first-order chi connectivity index (χ1) is 9.83. The maximum absolute atomic E-state index is 9.93. The van der Waals surface area contributed by atoms with Crippen molar-refractivity contribution in [2.24, 2.45) is 0 Å². The summed E-state index contributed by atoms with van der Waals surface area (Å²) in [4.78, 5) is 0. The molecule has 2 heteroatoms. The third kappa shape index (κ3) is 2.96. The Bertz CT molecular complexity index is 557. The van der Waals surface area contributed by atoms with Gasteiger partial charge in [0.1, 0.15) is 6.61 Å². The standard InChI is InChI=1S/C18H20O2/c19-17-11-10-16(15-8-4-5-9-15)12-18(17)20-13-14-6-2-1-3-7-14/h1-3,6-7,10-12,15,19H,4-5,8-9,13H2. The number of ether oxygens (including phenoxy) is 1. The van der Waals surface area contributed by atoms with Crippen LogP contribution in [0.25, 0.3) is 0 Å². The zero-order chi connectivity index (χ0) is 13.8. The highest BCUT2D eigenvalue weighted by Crippen LogP contribution is 2.38. The minimum Gasteiger partial charge on any atom is -0.504 e. The topological polar surface area (TPSA) is 29.5 Å². The van der Waals surface area contributed by atoms with E-state index in [1.165, 1.54) is 31.2 Å². The van der Waals surface area contributed by atoms with Crippen LogP contribution < -0.4 is 4.74 Å². The molecule has 0 amide bonds. The fourth-order valence-corrected chi connectivity index (χ4v) is 2.89. The first-order valence-corrected chi connectivity index (χ1v) is 7.32. The first-order valence-electron chi connectivity index (χ1n) is 7.32. The SMILES string of the molecule is Oc1ccc(C2CCCC2)cc1OCc1ccccc1. The summed E-state index contributed by atoms with van der Waals surface area (Å²) in [6.07, 6.45) is 5.13. The molecular weight excluding hydrogens is 248 g/mol. The minimum absolute atomic E-state index is 0.225. The average molecular weight is 268 g/mol. The number of hydrogen-bond acceptors (Lipinski definition) is 2. The Kier molecular flexibility index (Phi) is 3.91. The predicted molar refractivity (Wildman–Crippen MR) is 80.1 cm³/mol. The molecule has 2 nitrogen and oxygen atoms in total. The molecule has 0 saturated heterocycles. The molecule has 0 spiro atoms. The maximum Gasteiger partial charge on any atom is 0.161 e. The molecule has 1 N–H and O–H groups in total. The molecule has 2 aromatic rings. The summed E-state index contributed by atoms with van der Waals surface area (Å²) in [5.74, 6) is 1.45. The highest BCUT2D eigenvalue weighted by Gasteiger charge is 2.18. The van der Waals surface area contributed by atoms with Crippen LogP contribution >= 0.6 is 0 Å². The van der Waals surface area contributed by atoms with Crippen LogP contribution in [0, 0.1) is 0 Å². The second-order valence-corrected chi connectivity index (χ2v) is 5.48. The van der Waals surface area contributed by atoms with Gasteiger partial charge in [0.2, 0.25) is 0 Å².